The number of rotatable bonds is 9. The largest absolute Gasteiger partial charge is 0.487 e. The van der Waals surface area contributed by atoms with Crippen molar-refractivity contribution in [3.63, 3.8) is 0 Å². The van der Waals surface area contributed by atoms with E-state index < -0.39 is 26.8 Å². The third-order valence-electron chi connectivity index (χ3n) is 6.07. The molecule has 0 atom stereocenters. The maximum atomic E-state index is 12.8. The minimum atomic E-state index is -0.726. The molecule has 3 aromatic carbocycles. The topological polar surface area (TPSA) is 150 Å². The Hall–Kier alpha value is -5.06. The number of hydrazone groups is 1. The lowest BCUT2D eigenvalue weighted by Gasteiger charge is -2.13. The van der Waals surface area contributed by atoms with Crippen LogP contribution >= 0.6 is 0 Å². The molecular weight excluding hydrogens is 492 g/mol. The van der Waals surface area contributed by atoms with Crippen molar-refractivity contribution in [1.29, 1.82) is 0 Å². The fourth-order valence-electron chi connectivity index (χ4n) is 3.98. The molecule has 0 aliphatic rings. The van der Waals surface area contributed by atoms with Gasteiger partial charge in [0.1, 0.15) is 23.6 Å². The van der Waals surface area contributed by atoms with Crippen molar-refractivity contribution in [2.24, 2.45) is 5.10 Å². The van der Waals surface area contributed by atoms with Crippen molar-refractivity contribution in [2.45, 2.75) is 27.2 Å². The number of ether oxygens (including phenoxy) is 1. The van der Waals surface area contributed by atoms with Gasteiger partial charge >= 0.3 is 11.3 Å². The first-order chi connectivity index (χ1) is 18.2. The Balaban J connectivity index is 1.52. The van der Waals surface area contributed by atoms with E-state index in [9.17, 15) is 25.0 Å². The molecular formula is C27H24N4O7. The van der Waals surface area contributed by atoms with Crippen LogP contribution in [0.3, 0.4) is 0 Å². The van der Waals surface area contributed by atoms with E-state index in [2.05, 4.69) is 10.5 Å². The summed E-state index contributed by atoms with van der Waals surface area (Å²) in [5.41, 5.74) is 5.32. The highest BCUT2D eigenvalue weighted by atomic mass is 16.6. The van der Waals surface area contributed by atoms with E-state index in [1.165, 1.54) is 6.07 Å². The van der Waals surface area contributed by atoms with Crippen LogP contribution in [-0.2, 0) is 6.42 Å². The summed E-state index contributed by atoms with van der Waals surface area (Å²) in [6, 6.07) is 16.6. The SMILES string of the molecule is C/C(COc1ccc2c(C)c(Cc3ccccc3)c(=O)oc2c1C)=N/Nc1ccc([N+](=O)[O-])cc1[N+](=O)[O-]. The van der Waals surface area contributed by atoms with Gasteiger partial charge in [-0.1, -0.05) is 30.3 Å². The van der Waals surface area contributed by atoms with E-state index >= 15 is 0 Å². The third kappa shape index (κ3) is 5.51. The van der Waals surface area contributed by atoms with Crippen LogP contribution < -0.4 is 15.8 Å². The molecule has 0 saturated carbocycles. The van der Waals surface area contributed by atoms with E-state index in [1.54, 1.807) is 19.9 Å². The maximum absolute atomic E-state index is 12.8. The standard InChI is InChI=1S/C27H24N4O7/c1-16(28-29-23-11-9-20(30(33)34)14-24(23)31(35)36)15-37-25-12-10-21-17(2)22(13-19-7-5-4-6-8-19)27(32)38-26(21)18(25)3/h4-12,14,29H,13,15H2,1-3H3/b28-16-. The molecule has 1 aromatic heterocycles. The molecule has 4 aromatic rings. The average Bonchev–Trinajstić information content (AvgIpc) is 2.90. The molecule has 194 valence electrons. The van der Waals surface area contributed by atoms with Crippen LogP contribution in [0.25, 0.3) is 11.0 Å². The monoisotopic (exact) mass is 516 g/mol. The molecule has 0 saturated heterocycles. The number of benzene rings is 3. The van der Waals surface area contributed by atoms with Crippen molar-refractivity contribution < 1.29 is 19.0 Å². The van der Waals surface area contributed by atoms with Crippen LogP contribution in [0.5, 0.6) is 5.75 Å². The highest BCUT2D eigenvalue weighted by Gasteiger charge is 2.19. The Morgan fingerprint density at radius 1 is 1.00 bits per heavy atom. The van der Waals surface area contributed by atoms with Crippen LogP contribution in [0.1, 0.15) is 29.2 Å². The number of nitro benzene ring substituents is 2. The van der Waals surface area contributed by atoms with Gasteiger partial charge in [0.05, 0.1) is 21.6 Å². The number of nitro groups is 2. The second-order valence-electron chi connectivity index (χ2n) is 8.68. The lowest BCUT2D eigenvalue weighted by molar-refractivity contribution is -0.393. The maximum Gasteiger partial charge on any atom is 0.340 e. The molecule has 1 heterocycles. The van der Waals surface area contributed by atoms with Gasteiger partial charge in [-0.15, -0.1) is 0 Å². The molecule has 11 nitrogen and oxygen atoms in total. The number of fused-ring (bicyclic) bond motifs is 1. The van der Waals surface area contributed by atoms with Crippen molar-refractivity contribution in [3.8, 4) is 5.75 Å². The summed E-state index contributed by atoms with van der Waals surface area (Å²) in [4.78, 5) is 33.6. The molecule has 0 aliphatic carbocycles. The molecule has 4 rings (SSSR count). The average molecular weight is 517 g/mol. The molecule has 11 heteroatoms. The number of anilines is 1. The zero-order chi connectivity index (χ0) is 27.4. The van der Waals surface area contributed by atoms with Gasteiger partial charge in [-0.2, -0.15) is 5.10 Å². The molecule has 0 radical (unpaired) electrons. The van der Waals surface area contributed by atoms with Gasteiger partial charge in [0, 0.05) is 29.0 Å². The highest BCUT2D eigenvalue weighted by molar-refractivity contribution is 5.87. The first-order valence-electron chi connectivity index (χ1n) is 11.6. The Morgan fingerprint density at radius 3 is 2.42 bits per heavy atom. The van der Waals surface area contributed by atoms with Crippen LogP contribution in [0.4, 0.5) is 17.1 Å². The predicted molar refractivity (Wildman–Crippen MR) is 143 cm³/mol. The van der Waals surface area contributed by atoms with Gasteiger partial charge in [-0.05, 0) is 50.1 Å². The first-order valence-corrected chi connectivity index (χ1v) is 11.6. The lowest BCUT2D eigenvalue weighted by Crippen LogP contribution is -2.13. The van der Waals surface area contributed by atoms with Gasteiger partial charge < -0.3 is 9.15 Å². The van der Waals surface area contributed by atoms with Crippen LogP contribution in [0.15, 0.2) is 75.0 Å². The van der Waals surface area contributed by atoms with Gasteiger partial charge in [0.15, 0.2) is 0 Å². The summed E-state index contributed by atoms with van der Waals surface area (Å²) >= 11 is 0. The molecule has 38 heavy (non-hydrogen) atoms. The van der Waals surface area contributed by atoms with E-state index in [0.717, 1.165) is 28.6 Å². The van der Waals surface area contributed by atoms with Crippen LogP contribution in [0, 0.1) is 34.1 Å². The zero-order valence-electron chi connectivity index (χ0n) is 20.9. The Morgan fingerprint density at radius 2 is 1.74 bits per heavy atom. The molecule has 0 bridgehead atoms. The molecule has 0 unspecified atom stereocenters. The molecule has 0 aliphatic heterocycles. The summed E-state index contributed by atoms with van der Waals surface area (Å²) in [5.74, 6) is 0.492. The summed E-state index contributed by atoms with van der Waals surface area (Å²) in [7, 11) is 0. The van der Waals surface area contributed by atoms with Gasteiger partial charge in [-0.3, -0.25) is 25.7 Å². The Bertz CT molecular complexity index is 1630. The van der Waals surface area contributed by atoms with Gasteiger partial charge in [0.2, 0.25) is 0 Å². The van der Waals surface area contributed by atoms with Crippen LogP contribution in [-0.4, -0.2) is 22.2 Å². The summed E-state index contributed by atoms with van der Waals surface area (Å²) < 4.78 is 11.6. The minimum Gasteiger partial charge on any atom is -0.487 e. The summed E-state index contributed by atoms with van der Waals surface area (Å²) in [6.45, 7) is 5.38. The number of aryl methyl sites for hydroxylation is 2. The Labute approximate surface area is 216 Å². The summed E-state index contributed by atoms with van der Waals surface area (Å²) in [5, 5.41) is 27.1. The van der Waals surface area contributed by atoms with Crippen molar-refractivity contribution in [2.75, 3.05) is 12.0 Å². The smallest absolute Gasteiger partial charge is 0.340 e. The number of nitrogens with zero attached hydrogens (tertiary/aromatic N) is 3. The predicted octanol–water partition coefficient (Wildman–Crippen LogP) is 5.68. The second-order valence-corrected chi connectivity index (χ2v) is 8.68. The number of hydrogen-bond donors (Lipinski definition) is 1. The van der Waals surface area contributed by atoms with E-state index in [1.807, 2.05) is 43.3 Å². The van der Waals surface area contributed by atoms with Gasteiger partial charge in [0.25, 0.3) is 5.69 Å². The fourth-order valence-corrected chi connectivity index (χ4v) is 3.98. The molecule has 0 amide bonds. The number of non-ortho nitro benzene ring substituents is 1. The zero-order valence-corrected chi connectivity index (χ0v) is 20.9. The van der Waals surface area contributed by atoms with Crippen molar-refractivity contribution >= 4 is 33.7 Å². The molecule has 0 spiro atoms. The quantitative estimate of drug-likeness (QED) is 0.129. The normalized spacial score (nSPS) is 11.4. The molecule has 1 N–H and O–H groups in total. The fraction of sp³-hybridized carbons (Fsp3) is 0.185. The summed E-state index contributed by atoms with van der Waals surface area (Å²) in [6.07, 6.45) is 0.470. The lowest BCUT2D eigenvalue weighted by atomic mass is 9.98. The number of hydrogen-bond acceptors (Lipinski definition) is 9. The Kier molecular flexibility index (Phi) is 7.47. The van der Waals surface area contributed by atoms with Crippen molar-refractivity contribution in [3.05, 3.63) is 114 Å². The number of nitrogens with one attached hydrogen (secondary N) is 1. The van der Waals surface area contributed by atoms with E-state index in [4.69, 9.17) is 9.15 Å². The van der Waals surface area contributed by atoms with Gasteiger partial charge in [-0.25, -0.2) is 4.79 Å². The third-order valence-corrected chi connectivity index (χ3v) is 6.07. The second kappa shape index (κ2) is 10.9. The molecule has 0 fully saturated rings. The highest BCUT2D eigenvalue weighted by Crippen LogP contribution is 2.31. The van der Waals surface area contributed by atoms with Crippen molar-refractivity contribution in [1.82, 2.24) is 0 Å². The van der Waals surface area contributed by atoms with E-state index in [-0.39, 0.29) is 12.3 Å². The van der Waals surface area contributed by atoms with Crippen LogP contribution in [0.2, 0.25) is 0 Å². The minimum absolute atomic E-state index is 0.00499. The first kappa shape index (κ1) is 26.0. The van der Waals surface area contributed by atoms with E-state index in [0.29, 0.717) is 34.6 Å².